The number of hydrogen-bond donors (Lipinski definition) is 0. The van der Waals surface area contributed by atoms with Gasteiger partial charge in [-0.05, 0) is 60.8 Å². The Morgan fingerprint density at radius 3 is 2.64 bits per heavy atom. The topological polar surface area (TPSA) is 38.1 Å². The summed E-state index contributed by atoms with van der Waals surface area (Å²) in [6.45, 7) is 9.42. The highest BCUT2D eigenvalue weighted by Crippen LogP contribution is 2.34. The predicted molar refractivity (Wildman–Crippen MR) is 93.7 cm³/mol. The highest BCUT2D eigenvalue weighted by Gasteiger charge is 2.17. The van der Waals surface area contributed by atoms with Gasteiger partial charge in [0.25, 0.3) is 0 Å². The Hall–Kier alpha value is -1.27. The van der Waals surface area contributed by atoms with Crippen molar-refractivity contribution < 1.29 is 4.79 Å². The lowest BCUT2D eigenvalue weighted by Crippen LogP contribution is -2.34. The lowest BCUT2D eigenvalue weighted by atomic mass is 10.2. The third kappa shape index (κ3) is 3.73. The number of aryl methyl sites for hydroxylation is 2. The monoisotopic (exact) mass is 381 g/mol. The van der Waals surface area contributed by atoms with Crippen molar-refractivity contribution in [3.05, 3.63) is 40.0 Å². The number of aromatic nitrogens is 2. The van der Waals surface area contributed by atoms with Crippen molar-refractivity contribution in [2.24, 2.45) is 0 Å². The quantitative estimate of drug-likeness (QED) is 0.768. The summed E-state index contributed by atoms with van der Waals surface area (Å²) in [6, 6.07) is 6.23. The van der Waals surface area contributed by atoms with Crippen molar-refractivity contribution in [3.63, 3.8) is 0 Å². The van der Waals surface area contributed by atoms with Gasteiger partial charge in [-0.25, -0.2) is 4.79 Å². The van der Waals surface area contributed by atoms with Crippen LogP contribution in [0, 0.1) is 13.8 Å². The molecule has 0 atom stereocenters. The summed E-state index contributed by atoms with van der Waals surface area (Å²) in [5, 5.41) is 5.23. The molecule has 0 aliphatic carbocycles. The van der Waals surface area contributed by atoms with Gasteiger partial charge in [0.15, 0.2) is 0 Å². The van der Waals surface area contributed by atoms with Crippen LogP contribution in [0.4, 0.5) is 4.79 Å². The SMILES string of the molecule is CCN(CC)C(=O)n1cc(Br)c(Sc2cc(C)ccc2C)n1. The fourth-order valence-corrected chi connectivity index (χ4v) is 3.54. The largest absolute Gasteiger partial charge is 0.344 e. The highest BCUT2D eigenvalue weighted by atomic mass is 79.9. The molecule has 0 unspecified atom stereocenters. The molecule has 2 aromatic rings. The molecule has 0 radical (unpaired) electrons. The molecule has 0 saturated carbocycles. The number of amides is 1. The molecule has 0 fully saturated rings. The van der Waals surface area contributed by atoms with E-state index in [1.807, 2.05) is 13.8 Å². The molecule has 0 aliphatic heterocycles. The lowest BCUT2D eigenvalue weighted by molar-refractivity contribution is 0.201. The molecule has 0 bridgehead atoms. The molecular formula is C16H20BrN3OS. The molecule has 1 aromatic heterocycles. The van der Waals surface area contributed by atoms with Crippen LogP contribution in [0.3, 0.4) is 0 Å². The van der Waals surface area contributed by atoms with Gasteiger partial charge in [0.05, 0.1) is 10.7 Å². The van der Waals surface area contributed by atoms with Crippen LogP contribution >= 0.6 is 27.7 Å². The summed E-state index contributed by atoms with van der Waals surface area (Å²) in [7, 11) is 0. The van der Waals surface area contributed by atoms with Gasteiger partial charge in [0.1, 0.15) is 5.03 Å². The first-order chi connectivity index (χ1) is 10.5. The van der Waals surface area contributed by atoms with Gasteiger partial charge in [-0.2, -0.15) is 9.78 Å². The van der Waals surface area contributed by atoms with E-state index in [4.69, 9.17) is 0 Å². The van der Waals surface area contributed by atoms with Crippen molar-refractivity contribution in [2.45, 2.75) is 37.6 Å². The van der Waals surface area contributed by atoms with E-state index >= 15 is 0 Å². The summed E-state index contributed by atoms with van der Waals surface area (Å²) in [6.07, 6.45) is 1.73. The van der Waals surface area contributed by atoms with E-state index in [0.717, 1.165) is 14.4 Å². The number of hydrogen-bond acceptors (Lipinski definition) is 3. The third-order valence-electron chi connectivity index (χ3n) is 3.42. The first-order valence-electron chi connectivity index (χ1n) is 7.25. The Bertz CT molecular complexity index is 680. The minimum Gasteiger partial charge on any atom is -0.323 e. The molecule has 0 spiro atoms. The maximum absolute atomic E-state index is 12.3. The van der Waals surface area contributed by atoms with Crippen molar-refractivity contribution in [1.29, 1.82) is 0 Å². The number of rotatable bonds is 4. The summed E-state index contributed by atoms with van der Waals surface area (Å²) >= 11 is 5.07. The van der Waals surface area contributed by atoms with Crippen LogP contribution in [0.25, 0.3) is 0 Å². The molecule has 1 amide bonds. The number of carbonyl (C=O) groups is 1. The van der Waals surface area contributed by atoms with E-state index in [0.29, 0.717) is 13.1 Å². The minimum absolute atomic E-state index is 0.0986. The Morgan fingerprint density at radius 1 is 1.32 bits per heavy atom. The van der Waals surface area contributed by atoms with Gasteiger partial charge in [-0.3, -0.25) is 0 Å². The van der Waals surface area contributed by atoms with E-state index in [2.05, 4.69) is 53.1 Å². The van der Waals surface area contributed by atoms with E-state index in [1.54, 1.807) is 22.9 Å². The second-order valence-electron chi connectivity index (χ2n) is 5.05. The Labute approximate surface area is 144 Å². The fourth-order valence-electron chi connectivity index (χ4n) is 2.06. The predicted octanol–water partition coefficient (Wildman–Crippen LogP) is 4.72. The number of nitrogens with zero attached hydrogens (tertiary/aromatic N) is 3. The molecule has 118 valence electrons. The summed E-state index contributed by atoms with van der Waals surface area (Å²) in [5.41, 5.74) is 2.41. The molecule has 22 heavy (non-hydrogen) atoms. The maximum Gasteiger partial charge on any atom is 0.344 e. The molecule has 2 rings (SSSR count). The summed E-state index contributed by atoms with van der Waals surface area (Å²) in [4.78, 5) is 15.2. The number of benzene rings is 1. The molecule has 1 aromatic carbocycles. The number of carbonyl (C=O) groups excluding carboxylic acids is 1. The van der Waals surface area contributed by atoms with Crippen LogP contribution in [0.5, 0.6) is 0 Å². The highest BCUT2D eigenvalue weighted by molar-refractivity contribution is 9.10. The number of halogens is 1. The smallest absolute Gasteiger partial charge is 0.323 e. The molecule has 4 nitrogen and oxygen atoms in total. The van der Waals surface area contributed by atoms with E-state index in [-0.39, 0.29) is 6.03 Å². The zero-order valence-electron chi connectivity index (χ0n) is 13.3. The Kier molecular flexibility index (Phi) is 5.69. The zero-order valence-corrected chi connectivity index (χ0v) is 15.7. The van der Waals surface area contributed by atoms with Gasteiger partial charge in [-0.15, -0.1) is 0 Å². The zero-order chi connectivity index (χ0) is 16.3. The second kappa shape index (κ2) is 7.33. The van der Waals surface area contributed by atoms with Crippen molar-refractivity contribution >= 4 is 33.7 Å². The molecule has 0 aliphatic rings. The van der Waals surface area contributed by atoms with Gasteiger partial charge in [0.2, 0.25) is 0 Å². The molecule has 0 saturated heterocycles. The minimum atomic E-state index is -0.0986. The summed E-state index contributed by atoms with van der Waals surface area (Å²) < 4.78 is 2.24. The van der Waals surface area contributed by atoms with Crippen LogP contribution < -0.4 is 0 Å². The Morgan fingerprint density at radius 2 is 2.00 bits per heavy atom. The first kappa shape index (κ1) is 17.1. The van der Waals surface area contributed by atoms with Crippen molar-refractivity contribution in [3.8, 4) is 0 Å². The normalized spacial score (nSPS) is 10.8. The van der Waals surface area contributed by atoms with Crippen LogP contribution in [0.15, 0.2) is 38.8 Å². The van der Waals surface area contributed by atoms with Crippen LogP contribution in [-0.2, 0) is 0 Å². The van der Waals surface area contributed by atoms with Gasteiger partial charge in [0, 0.05) is 18.0 Å². The van der Waals surface area contributed by atoms with Gasteiger partial charge in [-0.1, -0.05) is 23.9 Å². The van der Waals surface area contributed by atoms with E-state index in [1.165, 1.54) is 15.8 Å². The van der Waals surface area contributed by atoms with Crippen molar-refractivity contribution in [2.75, 3.05) is 13.1 Å². The average Bonchev–Trinajstić information content (AvgIpc) is 2.85. The Balaban J connectivity index is 2.27. The second-order valence-corrected chi connectivity index (χ2v) is 6.94. The lowest BCUT2D eigenvalue weighted by Gasteiger charge is -2.17. The van der Waals surface area contributed by atoms with E-state index < -0.39 is 0 Å². The fraction of sp³-hybridized carbons (Fsp3) is 0.375. The van der Waals surface area contributed by atoms with Gasteiger partial charge < -0.3 is 4.90 Å². The molecule has 1 heterocycles. The summed E-state index contributed by atoms with van der Waals surface area (Å²) in [5.74, 6) is 0. The van der Waals surface area contributed by atoms with Crippen LogP contribution in [0.2, 0.25) is 0 Å². The molecule has 0 N–H and O–H groups in total. The standard InChI is InChI=1S/C16H20BrN3OS/c1-5-19(6-2)16(21)20-10-13(17)15(18-20)22-14-9-11(3)7-8-12(14)4/h7-10H,5-6H2,1-4H3. The molecular weight excluding hydrogens is 362 g/mol. The first-order valence-corrected chi connectivity index (χ1v) is 8.86. The maximum atomic E-state index is 12.3. The van der Waals surface area contributed by atoms with E-state index in [9.17, 15) is 4.79 Å². The van der Waals surface area contributed by atoms with Crippen LogP contribution in [-0.4, -0.2) is 33.8 Å². The van der Waals surface area contributed by atoms with Crippen LogP contribution in [0.1, 0.15) is 25.0 Å². The third-order valence-corrected chi connectivity index (χ3v) is 5.42. The molecule has 6 heteroatoms. The van der Waals surface area contributed by atoms with Crippen molar-refractivity contribution in [1.82, 2.24) is 14.7 Å². The van der Waals surface area contributed by atoms with Gasteiger partial charge >= 0.3 is 6.03 Å². The average molecular weight is 382 g/mol.